The molecule has 0 spiro atoms. The fourth-order valence-corrected chi connectivity index (χ4v) is 3.17. The second-order valence-corrected chi connectivity index (χ2v) is 6.30. The number of aliphatic imine (C=N–C) groups is 1. The molecule has 0 unspecified atom stereocenters. The molecule has 0 aliphatic rings. The summed E-state index contributed by atoms with van der Waals surface area (Å²) in [5.74, 6) is 1.68. The lowest BCUT2D eigenvalue weighted by molar-refractivity contribution is 0.578. The van der Waals surface area contributed by atoms with Crippen molar-refractivity contribution in [2.45, 2.75) is 6.92 Å². The van der Waals surface area contributed by atoms with E-state index in [1.807, 2.05) is 54.8 Å². The molecule has 6 nitrogen and oxygen atoms in total. The second-order valence-electron chi connectivity index (χ2n) is 5.35. The molecule has 24 heavy (non-hydrogen) atoms. The molecule has 0 amide bonds. The Labute approximate surface area is 142 Å². The highest BCUT2D eigenvalue weighted by molar-refractivity contribution is 7.13. The van der Waals surface area contributed by atoms with Crippen molar-refractivity contribution in [2.24, 2.45) is 10.7 Å². The summed E-state index contributed by atoms with van der Waals surface area (Å²) in [7, 11) is 0. The highest BCUT2D eigenvalue weighted by Crippen LogP contribution is 2.26. The quantitative estimate of drug-likeness (QED) is 0.385. The molecule has 120 valence electrons. The average molecular weight is 337 g/mol. The summed E-state index contributed by atoms with van der Waals surface area (Å²) in [6, 6.07) is 13.6. The van der Waals surface area contributed by atoms with Gasteiger partial charge in [-0.2, -0.15) is 10.1 Å². The molecule has 7 heteroatoms. The van der Waals surface area contributed by atoms with Crippen LogP contribution in [0.4, 0.5) is 11.5 Å². The number of hydrogen-bond donors (Lipinski definition) is 3. The molecule has 0 bridgehead atoms. The molecular weight excluding hydrogens is 322 g/mol. The number of thiophene rings is 1. The molecule has 0 aliphatic heterocycles. The summed E-state index contributed by atoms with van der Waals surface area (Å²) in [4.78, 5) is 5.40. The summed E-state index contributed by atoms with van der Waals surface area (Å²) in [5, 5.41) is 13.2. The normalized spacial score (nSPS) is 12.0. The summed E-state index contributed by atoms with van der Waals surface area (Å²) in [5.41, 5.74) is 8.60. The van der Waals surface area contributed by atoms with Gasteiger partial charge in [-0.1, -0.05) is 6.07 Å². The number of H-pyrrole nitrogens is 1. The molecule has 4 rings (SSSR count). The van der Waals surface area contributed by atoms with Gasteiger partial charge in [-0.05, 0) is 42.6 Å². The molecule has 3 aromatic heterocycles. The lowest BCUT2D eigenvalue weighted by Gasteiger charge is -2.04. The third-order valence-electron chi connectivity index (χ3n) is 3.50. The number of benzene rings is 1. The third-order valence-corrected chi connectivity index (χ3v) is 4.40. The zero-order chi connectivity index (χ0) is 16.5. The number of rotatable bonds is 3. The first kappa shape index (κ1) is 14.5. The molecule has 0 radical (unpaired) electrons. The van der Waals surface area contributed by atoms with Crippen molar-refractivity contribution in [3.63, 3.8) is 0 Å². The van der Waals surface area contributed by atoms with Crippen LogP contribution in [0.1, 0.15) is 5.76 Å². The molecule has 4 N–H and O–H groups in total. The van der Waals surface area contributed by atoms with E-state index in [2.05, 4.69) is 20.5 Å². The SMILES string of the molecule is Cc1cc2cc(NC(N)=Nc3cc(-c4cccs4)[nH]n3)ccc2o1. The Hall–Kier alpha value is -3.06. The fraction of sp³-hybridized carbons (Fsp3) is 0.0588. The minimum atomic E-state index is 0.277. The largest absolute Gasteiger partial charge is 0.461 e. The smallest absolute Gasteiger partial charge is 0.199 e. The molecule has 1 aromatic carbocycles. The van der Waals surface area contributed by atoms with Crippen LogP contribution in [0.25, 0.3) is 21.5 Å². The number of hydrogen-bond acceptors (Lipinski definition) is 4. The number of furan rings is 1. The number of fused-ring (bicyclic) bond motifs is 1. The molecule has 0 fully saturated rings. The average Bonchev–Trinajstić information content (AvgIpc) is 3.25. The Morgan fingerprint density at radius 2 is 2.21 bits per heavy atom. The van der Waals surface area contributed by atoms with Gasteiger partial charge < -0.3 is 15.5 Å². The fourth-order valence-electron chi connectivity index (χ4n) is 2.48. The van der Waals surface area contributed by atoms with E-state index in [0.29, 0.717) is 5.82 Å². The van der Waals surface area contributed by atoms with Gasteiger partial charge in [-0.3, -0.25) is 5.10 Å². The Kier molecular flexibility index (Phi) is 3.55. The standard InChI is InChI=1S/C17H15N5OS/c1-10-7-11-8-12(4-5-14(11)23-10)19-17(18)20-16-9-13(21-22-16)15-3-2-6-24-15/h2-9H,1H3,(H4,18,19,20,21,22). The van der Waals surface area contributed by atoms with Crippen molar-refractivity contribution in [1.29, 1.82) is 0 Å². The highest BCUT2D eigenvalue weighted by atomic mass is 32.1. The molecule has 0 atom stereocenters. The summed E-state index contributed by atoms with van der Waals surface area (Å²) in [6.07, 6.45) is 0. The van der Waals surface area contributed by atoms with E-state index < -0.39 is 0 Å². The molecular formula is C17H15N5OS. The maximum absolute atomic E-state index is 5.98. The number of nitrogens with one attached hydrogen (secondary N) is 2. The monoisotopic (exact) mass is 337 g/mol. The van der Waals surface area contributed by atoms with Crippen molar-refractivity contribution in [3.8, 4) is 10.6 Å². The van der Waals surface area contributed by atoms with Crippen LogP contribution in [-0.2, 0) is 0 Å². The second kappa shape index (κ2) is 5.86. The first-order valence-corrected chi connectivity index (χ1v) is 8.26. The third kappa shape index (κ3) is 2.89. The van der Waals surface area contributed by atoms with E-state index in [1.54, 1.807) is 11.3 Å². The molecule has 0 saturated heterocycles. The Balaban J connectivity index is 1.54. The maximum Gasteiger partial charge on any atom is 0.199 e. The predicted octanol–water partition coefficient (Wildman–Crippen LogP) is 4.25. The van der Waals surface area contributed by atoms with Gasteiger partial charge in [0.05, 0.1) is 10.6 Å². The van der Waals surface area contributed by atoms with Gasteiger partial charge in [-0.15, -0.1) is 11.3 Å². The number of aromatic amines is 1. The van der Waals surface area contributed by atoms with Crippen LogP contribution in [0.5, 0.6) is 0 Å². The topological polar surface area (TPSA) is 92.2 Å². The van der Waals surface area contributed by atoms with Crippen molar-refractivity contribution in [2.75, 3.05) is 5.32 Å². The molecule has 3 heterocycles. The molecule has 4 aromatic rings. The number of nitrogens with two attached hydrogens (primary N) is 1. The number of aromatic nitrogens is 2. The Morgan fingerprint density at radius 3 is 3.04 bits per heavy atom. The summed E-state index contributed by atoms with van der Waals surface area (Å²) >= 11 is 1.64. The van der Waals surface area contributed by atoms with Crippen LogP contribution in [0.15, 0.2) is 57.3 Å². The zero-order valence-corrected chi connectivity index (χ0v) is 13.7. The summed E-state index contributed by atoms with van der Waals surface area (Å²) < 4.78 is 5.56. The first-order chi connectivity index (χ1) is 11.7. The number of aryl methyl sites for hydroxylation is 1. The van der Waals surface area contributed by atoms with E-state index in [1.165, 1.54) is 0 Å². The maximum atomic E-state index is 5.98. The van der Waals surface area contributed by atoms with Gasteiger partial charge in [0, 0.05) is 17.1 Å². The van der Waals surface area contributed by atoms with Gasteiger partial charge in [0.2, 0.25) is 0 Å². The zero-order valence-electron chi connectivity index (χ0n) is 12.9. The van der Waals surface area contributed by atoms with Gasteiger partial charge in [0.15, 0.2) is 11.8 Å². The van der Waals surface area contributed by atoms with E-state index in [0.717, 1.165) is 33.0 Å². The number of guanidine groups is 1. The van der Waals surface area contributed by atoms with Gasteiger partial charge in [-0.25, -0.2) is 0 Å². The summed E-state index contributed by atoms with van der Waals surface area (Å²) in [6.45, 7) is 1.92. The van der Waals surface area contributed by atoms with Crippen molar-refractivity contribution >= 4 is 39.8 Å². The van der Waals surface area contributed by atoms with Crippen LogP contribution >= 0.6 is 11.3 Å². The van der Waals surface area contributed by atoms with E-state index >= 15 is 0 Å². The number of nitrogens with zero attached hydrogens (tertiary/aromatic N) is 2. The number of anilines is 1. The molecule has 0 saturated carbocycles. The Bertz CT molecular complexity index is 1010. The minimum absolute atomic E-state index is 0.277. The van der Waals surface area contributed by atoms with Gasteiger partial charge in [0.1, 0.15) is 11.3 Å². The van der Waals surface area contributed by atoms with Crippen LogP contribution < -0.4 is 11.1 Å². The molecule has 0 aliphatic carbocycles. The van der Waals surface area contributed by atoms with Crippen molar-refractivity contribution in [3.05, 3.63) is 53.6 Å². The predicted molar refractivity (Wildman–Crippen MR) is 97.8 cm³/mol. The van der Waals surface area contributed by atoms with Gasteiger partial charge >= 0.3 is 0 Å². The Morgan fingerprint density at radius 1 is 1.29 bits per heavy atom. The van der Waals surface area contributed by atoms with E-state index in [-0.39, 0.29) is 5.96 Å². The lowest BCUT2D eigenvalue weighted by atomic mass is 10.2. The van der Waals surface area contributed by atoms with Crippen LogP contribution in [0, 0.1) is 6.92 Å². The van der Waals surface area contributed by atoms with E-state index in [4.69, 9.17) is 10.2 Å². The first-order valence-electron chi connectivity index (χ1n) is 7.38. The van der Waals surface area contributed by atoms with Crippen LogP contribution in [-0.4, -0.2) is 16.2 Å². The van der Waals surface area contributed by atoms with Crippen molar-refractivity contribution < 1.29 is 4.42 Å². The highest BCUT2D eigenvalue weighted by Gasteiger charge is 2.05. The van der Waals surface area contributed by atoms with Gasteiger partial charge in [0.25, 0.3) is 0 Å². The van der Waals surface area contributed by atoms with Crippen LogP contribution in [0.3, 0.4) is 0 Å². The van der Waals surface area contributed by atoms with E-state index in [9.17, 15) is 0 Å². The lowest BCUT2D eigenvalue weighted by Crippen LogP contribution is -2.21. The van der Waals surface area contributed by atoms with Crippen molar-refractivity contribution in [1.82, 2.24) is 10.2 Å². The minimum Gasteiger partial charge on any atom is -0.461 e. The van der Waals surface area contributed by atoms with Crippen LogP contribution in [0.2, 0.25) is 0 Å².